The smallest absolute Gasteiger partial charge is 0.261 e. The Morgan fingerprint density at radius 3 is 2.50 bits per heavy atom. The zero-order valence-corrected chi connectivity index (χ0v) is 21.5. The van der Waals surface area contributed by atoms with Gasteiger partial charge in [0.05, 0.1) is 27.4 Å². The lowest BCUT2D eigenvalue weighted by Crippen LogP contribution is -2.45. The number of halogens is 1. The van der Waals surface area contributed by atoms with Crippen molar-refractivity contribution in [1.82, 2.24) is 15.2 Å². The topological polar surface area (TPSA) is 105 Å². The molecule has 0 radical (unpaired) electrons. The van der Waals surface area contributed by atoms with Crippen LogP contribution in [-0.2, 0) is 19.3 Å². The van der Waals surface area contributed by atoms with Gasteiger partial charge in [-0.3, -0.25) is 19.4 Å². The van der Waals surface area contributed by atoms with E-state index in [0.717, 1.165) is 5.56 Å². The molecule has 3 aromatic rings. The van der Waals surface area contributed by atoms with E-state index in [4.69, 9.17) is 10.7 Å². The zero-order valence-electron chi connectivity index (χ0n) is 20.7. The molecule has 7 nitrogen and oxygen atoms in total. The van der Waals surface area contributed by atoms with Crippen LogP contribution >= 0.6 is 11.3 Å². The molecule has 9 heteroatoms. The van der Waals surface area contributed by atoms with Crippen LogP contribution in [0.4, 0.5) is 4.39 Å². The molecule has 2 aromatic heterocycles. The van der Waals surface area contributed by atoms with Gasteiger partial charge in [-0.2, -0.15) is 0 Å². The van der Waals surface area contributed by atoms with Gasteiger partial charge in [-0.1, -0.05) is 26.0 Å². The second-order valence-electron chi connectivity index (χ2n) is 9.44. The van der Waals surface area contributed by atoms with Crippen LogP contribution < -0.4 is 11.1 Å². The maximum atomic E-state index is 13.8. The number of nitrogens with zero attached hydrogens (tertiary/aromatic N) is 2. The summed E-state index contributed by atoms with van der Waals surface area (Å²) in [4.78, 5) is 46.3. The normalized spacial score (nSPS) is 15.2. The van der Waals surface area contributed by atoms with Crippen molar-refractivity contribution < 1.29 is 18.8 Å². The first-order chi connectivity index (χ1) is 17.1. The van der Waals surface area contributed by atoms with Gasteiger partial charge in [0.15, 0.2) is 0 Å². The number of hydrogen-bond donors (Lipinski definition) is 2. The van der Waals surface area contributed by atoms with Crippen LogP contribution in [0.15, 0.2) is 36.4 Å². The Kier molecular flexibility index (Phi) is 7.21. The minimum absolute atomic E-state index is 0.188. The molecule has 3 N–H and O–H groups in total. The average Bonchev–Trinajstić information content (AvgIpc) is 3.32. The van der Waals surface area contributed by atoms with Crippen molar-refractivity contribution in [3.63, 3.8) is 0 Å². The maximum absolute atomic E-state index is 13.8. The Hall–Kier alpha value is -3.59. The standard InChI is InChI=1S/C27H29FN4O3S/c1-14(2)11-18-22(25(29)33)24(20-9-10-21(36-20)26(34)30-3)23-19(31-18)13-17(32(4)27(23)35)12-15-5-7-16(28)8-6-15/h5-10,14,17H,11-13H2,1-4H3,(H2,29,33)(H,30,34). The lowest BCUT2D eigenvalue weighted by Gasteiger charge is -2.35. The Labute approximate surface area is 213 Å². The number of nitrogens with two attached hydrogens (primary N) is 1. The van der Waals surface area contributed by atoms with Crippen LogP contribution in [0, 0.1) is 11.7 Å². The number of likely N-dealkylation sites (N-methyl/N-ethyl adjacent to an activating group) is 1. The van der Waals surface area contributed by atoms with Gasteiger partial charge in [0.25, 0.3) is 17.7 Å². The molecule has 0 saturated carbocycles. The molecule has 4 rings (SSSR count). The van der Waals surface area contributed by atoms with Crippen molar-refractivity contribution >= 4 is 29.1 Å². The summed E-state index contributed by atoms with van der Waals surface area (Å²) in [6.07, 6.45) is 1.52. The summed E-state index contributed by atoms with van der Waals surface area (Å²) >= 11 is 1.20. The highest BCUT2D eigenvalue weighted by Crippen LogP contribution is 2.39. The van der Waals surface area contributed by atoms with E-state index < -0.39 is 5.91 Å². The van der Waals surface area contributed by atoms with E-state index in [1.54, 1.807) is 43.3 Å². The number of pyridine rings is 1. The number of rotatable bonds is 7. The first kappa shape index (κ1) is 25.5. The monoisotopic (exact) mass is 508 g/mol. The molecule has 36 heavy (non-hydrogen) atoms. The van der Waals surface area contributed by atoms with E-state index in [-0.39, 0.29) is 35.2 Å². The fourth-order valence-electron chi connectivity index (χ4n) is 4.63. The molecule has 1 aromatic carbocycles. The highest BCUT2D eigenvalue weighted by atomic mass is 32.1. The molecule has 1 aliphatic rings. The molecule has 3 amide bonds. The van der Waals surface area contributed by atoms with E-state index in [9.17, 15) is 18.8 Å². The number of benzene rings is 1. The molecule has 3 heterocycles. The van der Waals surface area contributed by atoms with Crippen LogP contribution in [0.2, 0.25) is 0 Å². The largest absolute Gasteiger partial charge is 0.366 e. The van der Waals surface area contributed by atoms with Gasteiger partial charge in [0.1, 0.15) is 5.82 Å². The number of nitrogens with one attached hydrogen (secondary N) is 1. The molecular formula is C27H29FN4O3S. The third-order valence-corrected chi connectivity index (χ3v) is 7.50. The number of fused-ring (bicyclic) bond motifs is 1. The van der Waals surface area contributed by atoms with Gasteiger partial charge in [-0.25, -0.2) is 4.39 Å². The second-order valence-corrected chi connectivity index (χ2v) is 10.5. The van der Waals surface area contributed by atoms with E-state index >= 15 is 0 Å². The zero-order chi connectivity index (χ0) is 26.1. The maximum Gasteiger partial charge on any atom is 0.261 e. The fraction of sp³-hybridized carbons (Fsp3) is 0.333. The number of hydrogen-bond acceptors (Lipinski definition) is 5. The summed E-state index contributed by atoms with van der Waals surface area (Å²) in [5, 5.41) is 2.60. The quantitative estimate of drug-likeness (QED) is 0.506. The van der Waals surface area contributed by atoms with Crippen molar-refractivity contribution in [2.75, 3.05) is 14.1 Å². The molecule has 1 atom stereocenters. The Bertz CT molecular complexity index is 1330. The number of thiophene rings is 1. The SMILES string of the molecule is CNC(=O)c1ccc(-c2c(C(N)=O)c(CC(C)C)nc3c2C(=O)N(C)C(Cc2ccc(F)cc2)C3)s1. The van der Waals surface area contributed by atoms with Gasteiger partial charge >= 0.3 is 0 Å². The molecule has 0 saturated heterocycles. The number of carbonyl (C=O) groups excluding carboxylic acids is 3. The number of carbonyl (C=O) groups is 3. The van der Waals surface area contributed by atoms with E-state index in [1.807, 2.05) is 13.8 Å². The van der Waals surface area contributed by atoms with Gasteiger partial charge < -0.3 is 16.0 Å². The van der Waals surface area contributed by atoms with Gasteiger partial charge in [-0.15, -0.1) is 11.3 Å². The van der Waals surface area contributed by atoms with Crippen molar-refractivity contribution in [3.8, 4) is 10.4 Å². The van der Waals surface area contributed by atoms with E-state index in [1.165, 1.54) is 23.5 Å². The molecule has 0 spiro atoms. The third-order valence-electron chi connectivity index (χ3n) is 6.39. The Balaban J connectivity index is 1.89. The van der Waals surface area contributed by atoms with Gasteiger partial charge in [0, 0.05) is 37.0 Å². The first-order valence-corrected chi connectivity index (χ1v) is 12.6. The summed E-state index contributed by atoms with van der Waals surface area (Å²) in [6, 6.07) is 9.48. The summed E-state index contributed by atoms with van der Waals surface area (Å²) in [7, 11) is 3.27. The molecule has 0 bridgehead atoms. The molecule has 1 unspecified atom stereocenters. The number of amides is 3. The Morgan fingerprint density at radius 2 is 1.89 bits per heavy atom. The summed E-state index contributed by atoms with van der Waals surface area (Å²) in [5.41, 5.74) is 8.96. The van der Waals surface area contributed by atoms with Crippen molar-refractivity contribution in [2.24, 2.45) is 11.7 Å². The predicted molar refractivity (Wildman–Crippen MR) is 138 cm³/mol. The van der Waals surface area contributed by atoms with Gasteiger partial charge in [-0.05, 0) is 48.6 Å². The lowest BCUT2D eigenvalue weighted by atomic mass is 9.86. The van der Waals surface area contributed by atoms with E-state index in [2.05, 4.69) is 5.32 Å². The second kappa shape index (κ2) is 10.2. The average molecular weight is 509 g/mol. The highest BCUT2D eigenvalue weighted by Gasteiger charge is 2.37. The van der Waals surface area contributed by atoms with Crippen LogP contribution in [0.1, 0.15) is 61.2 Å². The Morgan fingerprint density at radius 1 is 1.19 bits per heavy atom. The summed E-state index contributed by atoms with van der Waals surface area (Å²) in [6.45, 7) is 4.05. The molecular weight excluding hydrogens is 479 g/mol. The van der Waals surface area contributed by atoms with Gasteiger partial charge in [0.2, 0.25) is 0 Å². The lowest BCUT2D eigenvalue weighted by molar-refractivity contribution is 0.0704. The molecule has 188 valence electrons. The summed E-state index contributed by atoms with van der Waals surface area (Å²) < 4.78 is 13.4. The van der Waals surface area contributed by atoms with Crippen LogP contribution in [0.5, 0.6) is 0 Å². The first-order valence-electron chi connectivity index (χ1n) is 11.8. The third kappa shape index (κ3) is 4.88. The van der Waals surface area contributed by atoms with Crippen LogP contribution in [0.3, 0.4) is 0 Å². The van der Waals surface area contributed by atoms with Crippen LogP contribution in [0.25, 0.3) is 10.4 Å². The van der Waals surface area contributed by atoms with Crippen molar-refractivity contribution in [1.29, 1.82) is 0 Å². The van der Waals surface area contributed by atoms with Crippen molar-refractivity contribution in [3.05, 3.63) is 75.2 Å². The van der Waals surface area contributed by atoms with Crippen molar-refractivity contribution in [2.45, 2.75) is 39.2 Å². The minimum atomic E-state index is -0.658. The fourth-order valence-corrected chi connectivity index (χ4v) is 5.64. The minimum Gasteiger partial charge on any atom is -0.366 e. The molecule has 1 aliphatic heterocycles. The number of primary amides is 1. The van der Waals surface area contributed by atoms with Crippen LogP contribution in [-0.4, -0.2) is 47.7 Å². The molecule has 0 fully saturated rings. The molecule has 0 aliphatic carbocycles. The predicted octanol–water partition coefficient (Wildman–Crippen LogP) is 3.85. The summed E-state index contributed by atoms with van der Waals surface area (Å²) in [5.74, 6) is -1.29. The number of aromatic nitrogens is 1. The highest BCUT2D eigenvalue weighted by molar-refractivity contribution is 7.17. The van der Waals surface area contributed by atoms with E-state index in [0.29, 0.717) is 51.5 Å².